The molecule has 0 aromatic carbocycles. The van der Waals surface area contributed by atoms with Crippen LogP contribution in [-0.4, -0.2) is 65.8 Å². The molecule has 0 aliphatic carbocycles. The van der Waals surface area contributed by atoms with Crippen LogP contribution in [0.2, 0.25) is 0 Å². The van der Waals surface area contributed by atoms with Crippen molar-refractivity contribution in [2.24, 2.45) is 5.92 Å². The number of rotatable bonds is 3. The fourth-order valence-electron chi connectivity index (χ4n) is 2.24. The van der Waals surface area contributed by atoms with E-state index >= 15 is 0 Å². The van der Waals surface area contributed by atoms with Crippen LogP contribution >= 0.6 is 0 Å². The van der Waals surface area contributed by atoms with Crippen molar-refractivity contribution in [3.8, 4) is 0 Å². The van der Waals surface area contributed by atoms with Gasteiger partial charge in [0.25, 0.3) is 0 Å². The van der Waals surface area contributed by atoms with E-state index < -0.39 is 24.6 Å². The molecule has 1 saturated heterocycles. The largest absolute Gasteiger partial charge is 0.481 e. The van der Waals surface area contributed by atoms with Crippen molar-refractivity contribution in [3.05, 3.63) is 0 Å². The Hall–Kier alpha value is -0.820. The molecule has 0 amide bonds. The molecule has 0 aromatic heterocycles. The molecular weight excluding hydrogens is 249 g/mol. The van der Waals surface area contributed by atoms with Crippen molar-refractivity contribution in [2.75, 3.05) is 26.7 Å². The maximum absolute atomic E-state index is 12.6. The molecule has 1 N–H and O–H groups in total. The molecule has 0 saturated carbocycles. The van der Waals surface area contributed by atoms with Gasteiger partial charge in [0.1, 0.15) is 0 Å². The third-order valence-corrected chi connectivity index (χ3v) is 3.57. The van der Waals surface area contributed by atoms with E-state index in [2.05, 4.69) is 4.90 Å². The first-order valence-electron chi connectivity index (χ1n) is 5.86. The summed E-state index contributed by atoms with van der Waals surface area (Å²) in [5, 5.41) is 8.67. The van der Waals surface area contributed by atoms with Gasteiger partial charge < -0.3 is 5.11 Å². The monoisotopic (exact) mass is 268 g/mol. The van der Waals surface area contributed by atoms with Crippen molar-refractivity contribution in [1.82, 2.24) is 9.80 Å². The minimum absolute atomic E-state index is 0.122. The Morgan fingerprint density at radius 3 is 2.11 bits per heavy atom. The lowest BCUT2D eigenvalue weighted by molar-refractivity contribution is -0.197. The summed E-state index contributed by atoms with van der Waals surface area (Å²) in [7, 11) is 1.92. The molecule has 106 valence electrons. The van der Waals surface area contributed by atoms with E-state index in [0.29, 0.717) is 13.1 Å². The molecule has 1 aliphatic rings. The van der Waals surface area contributed by atoms with Gasteiger partial charge in [0, 0.05) is 31.7 Å². The highest BCUT2D eigenvalue weighted by atomic mass is 19.4. The lowest BCUT2D eigenvalue weighted by Crippen LogP contribution is -2.57. The summed E-state index contributed by atoms with van der Waals surface area (Å²) >= 11 is 0. The van der Waals surface area contributed by atoms with E-state index in [4.69, 9.17) is 5.11 Å². The van der Waals surface area contributed by atoms with E-state index in [1.807, 2.05) is 20.9 Å². The quantitative estimate of drug-likeness (QED) is 0.837. The Bertz CT molecular complexity index is 297. The molecule has 0 bridgehead atoms. The number of likely N-dealkylation sites (N-methyl/N-ethyl adjacent to an activating group) is 1. The summed E-state index contributed by atoms with van der Waals surface area (Å²) in [5.41, 5.74) is 0. The number of aliphatic carboxylic acids is 1. The summed E-state index contributed by atoms with van der Waals surface area (Å²) in [4.78, 5) is 14.4. The fraction of sp³-hybridized carbons (Fsp3) is 0.909. The van der Waals surface area contributed by atoms with Gasteiger partial charge in [-0.3, -0.25) is 14.6 Å². The van der Waals surface area contributed by atoms with Crippen molar-refractivity contribution in [1.29, 1.82) is 0 Å². The second-order valence-electron chi connectivity index (χ2n) is 5.01. The van der Waals surface area contributed by atoms with Gasteiger partial charge in [-0.25, -0.2) is 0 Å². The minimum atomic E-state index is -4.69. The molecule has 4 nitrogen and oxygen atoms in total. The van der Waals surface area contributed by atoms with Crippen LogP contribution in [0.3, 0.4) is 0 Å². The van der Waals surface area contributed by atoms with Gasteiger partial charge in [0.2, 0.25) is 0 Å². The second kappa shape index (κ2) is 5.44. The number of nitrogens with zero attached hydrogens (tertiary/aromatic N) is 2. The number of hydrogen-bond acceptors (Lipinski definition) is 3. The van der Waals surface area contributed by atoms with Crippen molar-refractivity contribution >= 4 is 5.97 Å². The first-order chi connectivity index (χ1) is 8.12. The molecule has 0 aromatic rings. The first-order valence-corrected chi connectivity index (χ1v) is 5.86. The number of piperazine rings is 1. The van der Waals surface area contributed by atoms with E-state index in [1.165, 1.54) is 0 Å². The maximum atomic E-state index is 12.6. The van der Waals surface area contributed by atoms with Crippen LogP contribution in [-0.2, 0) is 4.79 Å². The highest BCUT2D eigenvalue weighted by molar-refractivity contribution is 5.71. The molecule has 1 rings (SSSR count). The zero-order valence-electron chi connectivity index (χ0n) is 10.7. The standard InChI is InChI=1S/C11H19F3N2O2/c1-7-4-16(5-8(2)15(7)3)6-9(10(17)18)11(12,13)14/h7-9H,4-6H2,1-3H3,(H,17,18). The highest BCUT2D eigenvalue weighted by Crippen LogP contribution is 2.28. The van der Waals surface area contributed by atoms with Crippen LogP contribution in [0.15, 0.2) is 0 Å². The minimum Gasteiger partial charge on any atom is -0.481 e. The number of carboxylic acid groups (broad SMARTS) is 1. The maximum Gasteiger partial charge on any atom is 0.403 e. The van der Waals surface area contributed by atoms with Crippen LogP contribution in [0.25, 0.3) is 0 Å². The molecule has 0 radical (unpaired) electrons. The Morgan fingerprint density at radius 1 is 1.33 bits per heavy atom. The van der Waals surface area contributed by atoms with Gasteiger partial charge in [0.15, 0.2) is 5.92 Å². The molecule has 1 aliphatic heterocycles. The molecule has 3 atom stereocenters. The van der Waals surface area contributed by atoms with Gasteiger partial charge in [-0.1, -0.05) is 0 Å². The van der Waals surface area contributed by atoms with Crippen molar-refractivity contribution < 1.29 is 23.1 Å². The first kappa shape index (κ1) is 15.2. The van der Waals surface area contributed by atoms with Crippen LogP contribution in [0.4, 0.5) is 13.2 Å². The molecule has 3 unspecified atom stereocenters. The molecule has 7 heteroatoms. The van der Waals surface area contributed by atoms with E-state index in [9.17, 15) is 18.0 Å². The SMILES string of the molecule is CC1CN(CC(C(=O)O)C(F)(F)F)CC(C)N1C. The molecular formula is C11H19F3N2O2. The molecule has 0 spiro atoms. The molecule has 1 fully saturated rings. The van der Waals surface area contributed by atoms with Crippen LogP contribution in [0, 0.1) is 5.92 Å². The third-order valence-electron chi connectivity index (χ3n) is 3.57. The normalized spacial score (nSPS) is 29.2. The zero-order valence-corrected chi connectivity index (χ0v) is 10.7. The Labute approximate surface area is 104 Å². The van der Waals surface area contributed by atoms with Crippen LogP contribution < -0.4 is 0 Å². The smallest absolute Gasteiger partial charge is 0.403 e. The van der Waals surface area contributed by atoms with Gasteiger partial charge >= 0.3 is 12.1 Å². The fourth-order valence-corrected chi connectivity index (χ4v) is 2.24. The van der Waals surface area contributed by atoms with E-state index in [0.717, 1.165) is 0 Å². The van der Waals surface area contributed by atoms with Crippen LogP contribution in [0.1, 0.15) is 13.8 Å². The average Bonchev–Trinajstić information content (AvgIpc) is 2.20. The summed E-state index contributed by atoms with van der Waals surface area (Å²) in [6.45, 7) is 4.29. The lowest BCUT2D eigenvalue weighted by Gasteiger charge is -2.43. The average molecular weight is 268 g/mol. The Kier molecular flexibility index (Phi) is 4.61. The molecule has 1 heterocycles. The topological polar surface area (TPSA) is 43.8 Å². The van der Waals surface area contributed by atoms with Gasteiger partial charge in [0.05, 0.1) is 0 Å². The Balaban J connectivity index is 2.69. The summed E-state index contributed by atoms with van der Waals surface area (Å²) < 4.78 is 37.7. The summed E-state index contributed by atoms with van der Waals surface area (Å²) in [5.74, 6) is -4.11. The van der Waals surface area contributed by atoms with Gasteiger partial charge in [-0.05, 0) is 20.9 Å². The number of halogens is 3. The second-order valence-corrected chi connectivity index (χ2v) is 5.01. The van der Waals surface area contributed by atoms with Crippen molar-refractivity contribution in [3.63, 3.8) is 0 Å². The summed E-state index contributed by atoms with van der Waals surface area (Å²) in [6, 6.07) is 0.243. The predicted octanol–water partition coefficient (Wildman–Crippen LogP) is 1.27. The van der Waals surface area contributed by atoms with Crippen LogP contribution in [0.5, 0.6) is 0 Å². The van der Waals surface area contributed by atoms with Gasteiger partial charge in [-0.2, -0.15) is 13.2 Å². The van der Waals surface area contributed by atoms with Crippen molar-refractivity contribution in [2.45, 2.75) is 32.1 Å². The van der Waals surface area contributed by atoms with Gasteiger partial charge in [-0.15, -0.1) is 0 Å². The third kappa shape index (κ3) is 3.58. The van der Waals surface area contributed by atoms with E-state index in [-0.39, 0.29) is 12.1 Å². The zero-order chi connectivity index (χ0) is 14.1. The predicted molar refractivity (Wildman–Crippen MR) is 60.3 cm³/mol. The lowest BCUT2D eigenvalue weighted by atomic mass is 10.0. The Morgan fingerprint density at radius 2 is 1.78 bits per heavy atom. The highest BCUT2D eigenvalue weighted by Gasteiger charge is 2.46. The van der Waals surface area contributed by atoms with E-state index in [1.54, 1.807) is 4.90 Å². The number of hydrogen-bond donors (Lipinski definition) is 1. The number of carboxylic acids is 1. The number of carbonyl (C=O) groups is 1. The summed E-state index contributed by atoms with van der Waals surface area (Å²) in [6.07, 6.45) is -4.69. The molecule has 18 heavy (non-hydrogen) atoms. The number of alkyl halides is 3.